The normalized spacial score (nSPS) is 12.9. The van der Waals surface area contributed by atoms with Gasteiger partial charge in [-0.1, -0.05) is 229 Å². The molecule has 0 aliphatic carbocycles. The molecule has 0 heterocycles. The van der Waals surface area contributed by atoms with Gasteiger partial charge in [0.15, 0.2) is 0 Å². The van der Waals surface area contributed by atoms with Crippen molar-refractivity contribution < 1.29 is 0 Å². The first-order valence-corrected chi connectivity index (χ1v) is 25.4. The van der Waals surface area contributed by atoms with Crippen LogP contribution in [0.3, 0.4) is 0 Å². The van der Waals surface area contributed by atoms with Crippen molar-refractivity contribution in [3.05, 3.63) is 204 Å². The van der Waals surface area contributed by atoms with Crippen LogP contribution in [0.4, 0.5) is 0 Å². The average Bonchev–Trinajstić information content (AvgIpc) is 3.34. The number of rotatable bonds is 4. The van der Waals surface area contributed by atoms with Gasteiger partial charge >= 0.3 is 0 Å². The maximum Gasteiger partial charge on any atom is -0.00923 e. The molecule has 0 heteroatoms. The number of hydrogen-bond donors (Lipinski definition) is 0. The molecule has 0 aliphatic heterocycles. The van der Waals surface area contributed by atoms with Gasteiger partial charge in [0.25, 0.3) is 0 Å². The van der Waals surface area contributed by atoms with E-state index in [0.29, 0.717) is 0 Å². The summed E-state index contributed by atoms with van der Waals surface area (Å²) in [6.07, 6.45) is 0. The second kappa shape index (κ2) is 16.3. The summed E-state index contributed by atoms with van der Waals surface area (Å²) in [7, 11) is 0. The van der Waals surface area contributed by atoms with Gasteiger partial charge in [-0.25, -0.2) is 0 Å². The molecule has 70 heavy (non-hydrogen) atoms. The van der Waals surface area contributed by atoms with Crippen molar-refractivity contribution in [1.29, 1.82) is 0 Å². The molecule has 0 aliphatic rings. The number of hydrogen-bond acceptors (Lipinski definition) is 0. The van der Waals surface area contributed by atoms with Crippen LogP contribution < -0.4 is 0 Å². The van der Waals surface area contributed by atoms with E-state index in [-0.39, 0.29) is 21.7 Å². The third-order valence-electron chi connectivity index (χ3n) is 15.3. The van der Waals surface area contributed by atoms with Crippen LogP contribution in [0.1, 0.15) is 105 Å². The summed E-state index contributed by atoms with van der Waals surface area (Å²) in [4.78, 5) is 0. The third-order valence-corrected chi connectivity index (χ3v) is 15.3. The van der Waals surface area contributed by atoms with Crippen molar-refractivity contribution in [3.63, 3.8) is 0 Å². The molecule has 11 rings (SSSR count). The monoisotopic (exact) mass is 907 g/mol. The van der Waals surface area contributed by atoms with Crippen molar-refractivity contribution in [2.45, 2.75) is 105 Å². The van der Waals surface area contributed by atoms with E-state index in [1.165, 1.54) is 131 Å². The smallest absolute Gasteiger partial charge is 0.00923 e. The zero-order chi connectivity index (χ0) is 49.1. The van der Waals surface area contributed by atoms with Crippen LogP contribution >= 0.6 is 0 Å². The Kier molecular flexibility index (Phi) is 10.6. The Labute approximate surface area is 416 Å². The Hall–Kier alpha value is -7.02. The Balaban J connectivity index is 1.18. The molecule has 0 N–H and O–H groups in total. The SMILES string of the molecule is CC(C)(C)c1ccc(-c2ccc3c(c2)c2cc(-c4ccc(C(C)(C)C)cc4)ccc2c2cc4c5ccc(-c6ccc(C(C)(C)C)cc6)cc5c5cc(-c6ccc(C(C)(C)C)cc6)ccc5c4cc32)cc1. The van der Waals surface area contributed by atoms with Crippen LogP contribution in [0, 0.1) is 0 Å². The summed E-state index contributed by atoms with van der Waals surface area (Å²) in [5.74, 6) is 0. The van der Waals surface area contributed by atoms with Crippen LogP contribution in [0.5, 0.6) is 0 Å². The van der Waals surface area contributed by atoms with Crippen LogP contribution in [0.25, 0.3) is 109 Å². The molecule has 11 aromatic carbocycles. The van der Waals surface area contributed by atoms with E-state index >= 15 is 0 Å². The Morgan fingerprint density at radius 2 is 0.314 bits per heavy atom. The highest BCUT2D eigenvalue weighted by Gasteiger charge is 2.20. The highest BCUT2D eigenvalue weighted by Crippen LogP contribution is 2.46. The van der Waals surface area contributed by atoms with E-state index in [1.54, 1.807) is 0 Å². The van der Waals surface area contributed by atoms with Gasteiger partial charge in [-0.05, 0) is 189 Å². The largest absolute Gasteiger partial charge is 0.0579 e. The summed E-state index contributed by atoms with van der Waals surface area (Å²) in [5, 5.41) is 15.3. The summed E-state index contributed by atoms with van der Waals surface area (Å²) >= 11 is 0. The molecule has 0 atom stereocenters. The van der Waals surface area contributed by atoms with Gasteiger partial charge in [-0.3, -0.25) is 0 Å². The molecule has 0 fully saturated rings. The fourth-order valence-electron chi connectivity index (χ4n) is 10.9. The van der Waals surface area contributed by atoms with E-state index in [4.69, 9.17) is 0 Å². The van der Waals surface area contributed by atoms with Crippen LogP contribution in [0.15, 0.2) is 182 Å². The van der Waals surface area contributed by atoms with E-state index in [0.717, 1.165) is 0 Å². The van der Waals surface area contributed by atoms with Gasteiger partial charge in [0, 0.05) is 0 Å². The molecule has 0 spiro atoms. The first-order valence-electron chi connectivity index (χ1n) is 25.4. The molecule has 0 unspecified atom stereocenters. The molecule has 0 aromatic heterocycles. The second-order valence-corrected chi connectivity index (χ2v) is 24.3. The van der Waals surface area contributed by atoms with E-state index in [9.17, 15) is 0 Å². The first kappa shape index (κ1) is 45.4. The molecular weight excluding hydrogens is 841 g/mol. The number of benzene rings is 11. The van der Waals surface area contributed by atoms with Crippen LogP contribution in [-0.4, -0.2) is 0 Å². The predicted molar refractivity (Wildman–Crippen MR) is 308 cm³/mol. The maximum absolute atomic E-state index is 2.52. The fraction of sp³-hybridized carbons (Fsp3) is 0.229. The zero-order valence-corrected chi connectivity index (χ0v) is 43.3. The first-order chi connectivity index (χ1) is 33.2. The van der Waals surface area contributed by atoms with E-state index in [2.05, 4.69) is 265 Å². The molecule has 0 saturated carbocycles. The standard InChI is InChI=1S/C70H66/c1-67(2,3)51-25-13-43(14-26-51)47-21-33-55-59(37-47)60-38-48(44-15-27-52(28-16-44)68(4,5)6)22-34-56(60)64-42-66-58-36-24-50(46-19-31-54(32-20-46)70(10,11)12)40-62(58)61-39-49(23-35-57(61)65(66)41-63(55)64)45-17-29-53(30-18-45)69(7,8)9/h13-42H,1-12H3. The maximum atomic E-state index is 2.52. The van der Waals surface area contributed by atoms with E-state index < -0.39 is 0 Å². The minimum atomic E-state index is 0.0940. The quantitative estimate of drug-likeness (QED) is 0.122. The highest BCUT2D eigenvalue weighted by atomic mass is 14.2. The lowest BCUT2D eigenvalue weighted by atomic mass is 9.84. The fourth-order valence-corrected chi connectivity index (χ4v) is 10.9. The minimum absolute atomic E-state index is 0.0940. The van der Waals surface area contributed by atoms with Gasteiger partial charge in [0.05, 0.1) is 0 Å². The van der Waals surface area contributed by atoms with Gasteiger partial charge in [-0.2, -0.15) is 0 Å². The Bertz CT molecular complexity index is 3320. The molecule has 0 amide bonds. The van der Waals surface area contributed by atoms with E-state index in [1.807, 2.05) is 0 Å². The molecule has 0 bridgehead atoms. The van der Waals surface area contributed by atoms with Crippen LogP contribution in [-0.2, 0) is 21.7 Å². The minimum Gasteiger partial charge on any atom is -0.0579 e. The average molecular weight is 907 g/mol. The highest BCUT2D eigenvalue weighted by molar-refractivity contribution is 6.33. The van der Waals surface area contributed by atoms with Crippen molar-refractivity contribution in [1.82, 2.24) is 0 Å². The predicted octanol–water partition coefficient (Wildman–Crippen LogP) is 20.5. The lowest BCUT2D eigenvalue weighted by Gasteiger charge is -2.20. The third kappa shape index (κ3) is 8.06. The molecule has 0 nitrogen and oxygen atoms in total. The second-order valence-electron chi connectivity index (χ2n) is 24.3. The van der Waals surface area contributed by atoms with Crippen molar-refractivity contribution in [2.24, 2.45) is 0 Å². The summed E-state index contributed by atoms with van der Waals surface area (Å²) in [6, 6.07) is 70.6. The molecule has 0 radical (unpaired) electrons. The zero-order valence-electron chi connectivity index (χ0n) is 43.3. The Morgan fingerprint density at radius 1 is 0.157 bits per heavy atom. The molecule has 11 aromatic rings. The number of fused-ring (bicyclic) bond motifs is 12. The van der Waals surface area contributed by atoms with Crippen molar-refractivity contribution in [2.75, 3.05) is 0 Å². The van der Waals surface area contributed by atoms with Gasteiger partial charge in [0.2, 0.25) is 0 Å². The van der Waals surface area contributed by atoms with Gasteiger partial charge in [-0.15, -0.1) is 0 Å². The lowest BCUT2D eigenvalue weighted by molar-refractivity contribution is 0.590. The molecular formula is C70H66. The van der Waals surface area contributed by atoms with Gasteiger partial charge in [0.1, 0.15) is 0 Å². The summed E-state index contributed by atoms with van der Waals surface area (Å²) in [5.41, 5.74) is 15.6. The van der Waals surface area contributed by atoms with Crippen molar-refractivity contribution >= 4 is 64.6 Å². The summed E-state index contributed by atoms with van der Waals surface area (Å²) < 4.78 is 0. The molecule has 0 saturated heterocycles. The Morgan fingerprint density at radius 3 is 0.486 bits per heavy atom. The summed E-state index contributed by atoms with van der Waals surface area (Å²) in [6.45, 7) is 27.4. The van der Waals surface area contributed by atoms with Gasteiger partial charge < -0.3 is 0 Å². The topological polar surface area (TPSA) is 0 Å². The molecule has 346 valence electrons. The van der Waals surface area contributed by atoms with Crippen molar-refractivity contribution in [3.8, 4) is 44.5 Å². The van der Waals surface area contributed by atoms with Crippen LogP contribution in [0.2, 0.25) is 0 Å². The lowest BCUT2D eigenvalue weighted by Crippen LogP contribution is -2.10.